The van der Waals surface area contributed by atoms with E-state index in [1.165, 1.54) is 11.8 Å². The van der Waals surface area contributed by atoms with Crippen molar-refractivity contribution in [3.05, 3.63) is 45.5 Å². The topological polar surface area (TPSA) is 44.7 Å². The molecule has 4 nitrogen and oxygen atoms in total. The lowest BCUT2D eigenvalue weighted by atomic mass is 10.1. The molecule has 0 saturated heterocycles. The summed E-state index contributed by atoms with van der Waals surface area (Å²) in [4.78, 5) is 19.9. The minimum Gasteiger partial charge on any atom is -0.347 e. The zero-order valence-electron chi connectivity index (χ0n) is 12.8. The maximum atomic E-state index is 12.4. The highest BCUT2D eigenvalue weighted by Gasteiger charge is 2.39. The Bertz CT molecular complexity index is 679. The molecule has 0 saturated carbocycles. The van der Waals surface area contributed by atoms with Crippen molar-refractivity contribution in [3.63, 3.8) is 0 Å². The minimum absolute atomic E-state index is 0.0487. The van der Waals surface area contributed by atoms with Gasteiger partial charge in [0.05, 0.1) is 10.4 Å². The molecule has 22 heavy (non-hydrogen) atoms. The summed E-state index contributed by atoms with van der Waals surface area (Å²) < 4.78 is 0. The summed E-state index contributed by atoms with van der Waals surface area (Å²) in [7, 11) is 0. The van der Waals surface area contributed by atoms with Crippen molar-refractivity contribution in [1.82, 2.24) is 10.2 Å². The van der Waals surface area contributed by atoms with E-state index in [1.807, 2.05) is 31.2 Å². The van der Waals surface area contributed by atoms with Gasteiger partial charge >= 0.3 is 0 Å². The molecule has 1 aromatic rings. The number of nitrogens with zero attached hydrogens (tertiary/aromatic N) is 2. The summed E-state index contributed by atoms with van der Waals surface area (Å²) in [5, 5.41) is 4.58. The van der Waals surface area contributed by atoms with E-state index in [0.717, 1.165) is 27.9 Å². The molecular formula is C16H18ClN3OS. The fraction of sp³-hybridized carbons (Fsp3) is 0.375. The molecule has 3 rings (SSSR count). The Kier molecular flexibility index (Phi) is 3.95. The number of amides is 1. The van der Waals surface area contributed by atoms with Crippen molar-refractivity contribution in [3.8, 4) is 0 Å². The number of hydrogen-bond acceptors (Lipinski definition) is 4. The van der Waals surface area contributed by atoms with Crippen LogP contribution in [0.1, 0.15) is 26.3 Å². The number of allylic oxidation sites excluding steroid dienone is 1. The second-order valence-electron chi connectivity index (χ2n) is 6.12. The maximum absolute atomic E-state index is 12.4. The fourth-order valence-corrected chi connectivity index (χ4v) is 3.85. The lowest BCUT2D eigenvalue weighted by Gasteiger charge is -2.19. The first-order valence-corrected chi connectivity index (χ1v) is 8.34. The van der Waals surface area contributed by atoms with Gasteiger partial charge in [-0.25, -0.2) is 0 Å². The van der Waals surface area contributed by atoms with Gasteiger partial charge < -0.3 is 10.2 Å². The molecule has 0 bridgehead atoms. The SMILES string of the molecule is CC1=C(C(=O)NCc2ccc(Cl)cc2)SC2=NC(C)(C)CN21. The van der Waals surface area contributed by atoms with Crippen LogP contribution in [0.15, 0.2) is 39.9 Å². The largest absolute Gasteiger partial charge is 0.347 e. The number of thioether (sulfide) groups is 1. The van der Waals surface area contributed by atoms with Gasteiger partial charge in [0.1, 0.15) is 0 Å². The van der Waals surface area contributed by atoms with Crippen LogP contribution < -0.4 is 5.32 Å². The van der Waals surface area contributed by atoms with Crippen LogP contribution in [0.2, 0.25) is 5.02 Å². The van der Waals surface area contributed by atoms with Crippen LogP contribution >= 0.6 is 23.4 Å². The number of nitrogens with one attached hydrogen (secondary N) is 1. The van der Waals surface area contributed by atoms with E-state index < -0.39 is 0 Å². The van der Waals surface area contributed by atoms with Gasteiger partial charge in [0.2, 0.25) is 0 Å². The highest BCUT2D eigenvalue weighted by molar-refractivity contribution is 8.18. The Morgan fingerprint density at radius 1 is 1.41 bits per heavy atom. The van der Waals surface area contributed by atoms with Crippen molar-refractivity contribution in [2.45, 2.75) is 32.9 Å². The van der Waals surface area contributed by atoms with E-state index in [0.29, 0.717) is 11.6 Å². The summed E-state index contributed by atoms with van der Waals surface area (Å²) in [6, 6.07) is 7.47. The zero-order valence-corrected chi connectivity index (χ0v) is 14.4. The van der Waals surface area contributed by atoms with E-state index in [2.05, 4.69) is 29.1 Å². The predicted octanol–water partition coefficient (Wildman–Crippen LogP) is 3.38. The van der Waals surface area contributed by atoms with Crippen molar-refractivity contribution < 1.29 is 4.79 Å². The molecule has 6 heteroatoms. The smallest absolute Gasteiger partial charge is 0.260 e. The molecule has 0 fully saturated rings. The Morgan fingerprint density at radius 2 is 2.09 bits per heavy atom. The maximum Gasteiger partial charge on any atom is 0.260 e. The summed E-state index contributed by atoms with van der Waals surface area (Å²) in [5.41, 5.74) is 1.94. The molecule has 0 radical (unpaired) electrons. The molecule has 0 unspecified atom stereocenters. The zero-order chi connectivity index (χ0) is 15.9. The van der Waals surface area contributed by atoms with Crippen LogP contribution in [-0.2, 0) is 11.3 Å². The molecule has 1 aromatic carbocycles. The Labute approximate surface area is 139 Å². The van der Waals surface area contributed by atoms with E-state index in [9.17, 15) is 4.79 Å². The van der Waals surface area contributed by atoms with Crippen molar-refractivity contribution in [1.29, 1.82) is 0 Å². The number of halogens is 1. The molecule has 1 N–H and O–H groups in total. The number of aliphatic imine (C=N–C) groups is 1. The molecule has 0 aromatic heterocycles. The summed E-state index contributed by atoms with van der Waals surface area (Å²) in [5.74, 6) is -0.0487. The molecular weight excluding hydrogens is 318 g/mol. The number of amidine groups is 1. The molecule has 2 aliphatic rings. The first-order chi connectivity index (χ1) is 10.4. The number of hydrogen-bond donors (Lipinski definition) is 1. The third kappa shape index (κ3) is 3.01. The van der Waals surface area contributed by atoms with Gasteiger partial charge in [-0.2, -0.15) is 0 Å². The van der Waals surface area contributed by atoms with Gasteiger partial charge in [-0.1, -0.05) is 23.7 Å². The van der Waals surface area contributed by atoms with E-state index >= 15 is 0 Å². The van der Waals surface area contributed by atoms with Gasteiger partial charge in [-0.05, 0) is 50.2 Å². The van der Waals surface area contributed by atoms with Crippen molar-refractivity contribution in [2.75, 3.05) is 6.54 Å². The second kappa shape index (κ2) is 5.63. The molecule has 116 valence electrons. The fourth-order valence-electron chi connectivity index (χ4n) is 2.51. The quantitative estimate of drug-likeness (QED) is 0.921. The van der Waals surface area contributed by atoms with Crippen LogP contribution in [-0.4, -0.2) is 28.1 Å². The number of fused-ring (bicyclic) bond motifs is 1. The summed E-state index contributed by atoms with van der Waals surface area (Å²) in [6.45, 7) is 7.51. The number of carbonyl (C=O) groups excluding carboxylic acids is 1. The first-order valence-electron chi connectivity index (χ1n) is 7.14. The number of benzene rings is 1. The highest BCUT2D eigenvalue weighted by atomic mass is 35.5. The van der Waals surface area contributed by atoms with Gasteiger partial charge in [-0.3, -0.25) is 9.79 Å². The van der Waals surface area contributed by atoms with Crippen LogP contribution in [0, 0.1) is 0 Å². The van der Waals surface area contributed by atoms with Crippen LogP contribution in [0.25, 0.3) is 0 Å². The third-order valence-corrected chi connectivity index (χ3v) is 5.10. The Balaban J connectivity index is 1.65. The van der Waals surface area contributed by atoms with Crippen molar-refractivity contribution in [2.24, 2.45) is 4.99 Å². The van der Waals surface area contributed by atoms with Crippen LogP contribution in [0.5, 0.6) is 0 Å². The molecule has 0 atom stereocenters. The van der Waals surface area contributed by atoms with Gasteiger partial charge in [-0.15, -0.1) is 0 Å². The van der Waals surface area contributed by atoms with Gasteiger partial charge in [0.25, 0.3) is 5.91 Å². The summed E-state index contributed by atoms with van der Waals surface area (Å²) >= 11 is 7.32. The third-order valence-electron chi connectivity index (χ3n) is 3.67. The van der Waals surface area contributed by atoms with Crippen LogP contribution in [0.3, 0.4) is 0 Å². The molecule has 2 aliphatic heterocycles. The Hall–Kier alpha value is -1.46. The molecule has 1 amide bonds. The minimum atomic E-state index is -0.0745. The van der Waals surface area contributed by atoms with Crippen LogP contribution in [0.4, 0.5) is 0 Å². The average Bonchev–Trinajstić information content (AvgIpc) is 2.92. The van der Waals surface area contributed by atoms with E-state index in [1.54, 1.807) is 0 Å². The molecule has 0 aliphatic carbocycles. The van der Waals surface area contributed by atoms with Gasteiger partial charge in [0.15, 0.2) is 5.17 Å². The van der Waals surface area contributed by atoms with Crippen molar-refractivity contribution >= 4 is 34.4 Å². The molecule has 0 spiro atoms. The average molecular weight is 336 g/mol. The lowest BCUT2D eigenvalue weighted by Crippen LogP contribution is -2.29. The normalized spacial score (nSPS) is 19.3. The standard InChI is InChI=1S/C16H18ClN3OS/c1-10-13(22-15-19-16(2,3)9-20(10)15)14(21)18-8-11-4-6-12(17)7-5-11/h4-7H,8-9H2,1-3H3,(H,18,21). The lowest BCUT2D eigenvalue weighted by molar-refractivity contribution is -0.117. The van der Waals surface area contributed by atoms with Gasteiger partial charge in [0, 0.05) is 23.8 Å². The predicted molar refractivity (Wildman–Crippen MR) is 91.8 cm³/mol. The van der Waals surface area contributed by atoms with E-state index in [4.69, 9.17) is 11.6 Å². The second-order valence-corrected chi connectivity index (χ2v) is 7.53. The number of rotatable bonds is 3. The Morgan fingerprint density at radius 3 is 2.73 bits per heavy atom. The molecule has 2 heterocycles. The monoisotopic (exact) mass is 335 g/mol. The highest BCUT2D eigenvalue weighted by Crippen LogP contribution is 2.40. The van der Waals surface area contributed by atoms with E-state index in [-0.39, 0.29) is 11.4 Å². The number of carbonyl (C=O) groups is 1. The summed E-state index contributed by atoms with van der Waals surface area (Å²) in [6.07, 6.45) is 0. The first kappa shape index (κ1) is 15.4.